The largest absolute Gasteiger partial charge is 0.586 e. The van der Waals surface area contributed by atoms with Crippen LogP contribution in [0.2, 0.25) is 0 Å². The molecule has 4 aliphatic rings. The van der Waals surface area contributed by atoms with Crippen LogP contribution in [0.4, 0.5) is 22.0 Å². The molecule has 0 spiro atoms. The Hall–Kier alpha value is -4.31. The number of rotatable bonds is 1. The molecule has 0 bridgehead atoms. The normalized spacial score (nSPS) is 22.5. The van der Waals surface area contributed by atoms with Crippen LogP contribution in [-0.2, 0) is 39.5 Å². The van der Waals surface area contributed by atoms with Crippen molar-refractivity contribution in [1.29, 1.82) is 0 Å². The van der Waals surface area contributed by atoms with E-state index in [1.807, 2.05) is 0 Å². The summed E-state index contributed by atoms with van der Waals surface area (Å²) in [7, 11) is 0. The Balaban J connectivity index is 0.000000405. The topological polar surface area (TPSA) is 163 Å². The van der Waals surface area contributed by atoms with E-state index in [1.54, 1.807) is 13.0 Å². The molecule has 4 N–H and O–H groups in total. The third kappa shape index (κ3) is 3.92. The molecule has 2 atom stereocenters. The Kier molecular flexibility index (Phi) is 5.86. The highest BCUT2D eigenvalue weighted by atomic mass is 19.4. The quantitative estimate of drug-likeness (QED) is 0.220. The number of ether oxygens (including phenoxy) is 3. The van der Waals surface area contributed by atoms with E-state index in [-0.39, 0.29) is 47.8 Å². The molecule has 0 amide bonds. The predicted molar refractivity (Wildman–Crippen MR) is 130 cm³/mol. The van der Waals surface area contributed by atoms with E-state index in [1.165, 1.54) is 10.6 Å². The molecule has 1 aromatic carbocycles. The van der Waals surface area contributed by atoms with E-state index in [4.69, 9.17) is 34.8 Å². The number of fused-ring (bicyclic) bond motifs is 7. The number of aliphatic carboxylic acids is 1. The molecule has 3 aliphatic heterocycles. The van der Waals surface area contributed by atoms with Crippen LogP contribution in [0.25, 0.3) is 22.3 Å². The fourth-order valence-corrected chi connectivity index (χ4v) is 5.86. The van der Waals surface area contributed by atoms with Crippen LogP contribution in [0.15, 0.2) is 16.9 Å². The van der Waals surface area contributed by atoms with Crippen molar-refractivity contribution < 1.29 is 56.0 Å². The molecule has 2 aromatic heterocycles. The maximum Gasteiger partial charge on any atom is 0.586 e. The van der Waals surface area contributed by atoms with Crippen molar-refractivity contribution in [3.8, 4) is 22.9 Å². The number of carbonyl (C=O) groups is 2. The Labute approximate surface area is 231 Å². The number of nitrogens with two attached hydrogens (primary N) is 1. The highest BCUT2D eigenvalue weighted by molar-refractivity contribution is 5.95. The van der Waals surface area contributed by atoms with Crippen LogP contribution in [0, 0.1) is 0 Å². The minimum atomic E-state index is -5.08. The summed E-state index contributed by atoms with van der Waals surface area (Å²) < 4.78 is 75.7. The summed E-state index contributed by atoms with van der Waals surface area (Å²) in [6.45, 7) is 1.57. The molecular weight excluding hydrogens is 577 g/mol. The second-order valence-corrected chi connectivity index (χ2v) is 10.1. The average molecular weight is 597 g/mol. The van der Waals surface area contributed by atoms with Crippen LogP contribution in [-0.4, -0.2) is 44.2 Å². The minimum Gasteiger partial charge on any atom is -0.475 e. The first-order chi connectivity index (χ1) is 19.6. The van der Waals surface area contributed by atoms with Gasteiger partial charge in [-0.1, -0.05) is 6.92 Å². The molecule has 3 aromatic rings. The van der Waals surface area contributed by atoms with Crippen molar-refractivity contribution in [3.05, 3.63) is 50.3 Å². The molecule has 7 rings (SSSR count). The Morgan fingerprint density at radius 3 is 2.52 bits per heavy atom. The molecule has 0 saturated carbocycles. The zero-order valence-electron chi connectivity index (χ0n) is 21.5. The molecule has 222 valence electrons. The zero-order valence-corrected chi connectivity index (χ0v) is 21.5. The molecule has 1 aliphatic carbocycles. The fourth-order valence-electron chi connectivity index (χ4n) is 5.86. The van der Waals surface area contributed by atoms with E-state index in [0.717, 1.165) is 5.56 Å². The number of nitrogens with zero attached hydrogens (tertiary/aromatic N) is 2. The summed E-state index contributed by atoms with van der Waals surface area (Å²) in [5.74, 6) is -3.68. The lowest BCUT2D eigenvalue weighted by atomic mass is 9.83. The SMILES string of the molecule is CC[C@@]1(O)C(=O)OCc2c1cc1n(c2=O)Cc2c-1nc1cc3c(c4c1c2[C@@H](N)CC4)OC(F)(F)O3.O=C(O)C(F)(F)F. The van der Waals surface area contributed by atoms with Gasteiger partial charge in [0.15, 0.2) is 17.1 Å². The van der Waals surface area contributed by atoms with Crippen molar-refractivity contribution in [3.63, 3.8) is 0 Å². The smallest absolute Gasteiger partial charge is 0.475 e. The molecule has 42 heavy (non-hydrogen) atoms. The molecule has 0 radical (unpaired) electrons. The second-order valence-electron chi connectivity index (χ2n) is 10.1. The maximum absolute atomic E-state index is 13.9. The number of carboxylic acid groups (broad SMARTS) is 1. The molecule has 5 heterocycles. The van der Waals surface area contributed by atoms with Gasteiger partial charge in [-0.05, 0) is 30.9 Å². The zero-order chi connectivity index (χ0) is 30.5. The van der Waals surface area contributed by atoms with Crippen LogP contribution >= 0.6 is 0 Å². The number of hydrogen-bond acceptors (Lipinski definition) is 9. The lowest BCUT2D eigenvalue weighted by Gasteiger charge is -2.31. The van der Waals surface area contributed by atoms with Gasteiger partial charge in [0.05, 0.1) is 29.0 Å². The van der Waals surface area contributed by atoms with Crippen LogP contribution in [0.3, 0.4) is 0 Å². The van der Waals surface area contributed by atoms with Crippen molar-refractivity contribution in [2.75, 3.05) is 0 Å². The van der Waals surface area contributed by atoms with Crippen molar-refractivity contribution in [2.45, 2.75) is 63.5 Å². The van der Waals surface area contributed by atoms with Crippen LogP contribution in [0.1, 0.15) is 53.6 Å². The molecule has 16 heteroatoms. The van der Waals surface area contributed by atoms with Gasteiger partial charge in [-0.2, -0.15) is 13.2 Å². The predicted octanol–water partition coefficient (Wildman–Crippen LogP) is 2.98. The first-order valence-corrected chi connectivity index (χ1v) is 12.6. The molecule has 11 nitrogen and oxygen atoms in total. The van der Waals surface area contributed by atoms with Gasteiger partial charge in [-0.15, -0.1) is 8.78 Å². The number of alkyl halides is 5. The van der Waals surface area contributed by atoms with Crippen molar-refractivity contribution in [1.82, 2.24) is 9.55 Å². The summed E-state index contributed by atoms with van der Waals surface area (Å²) in [5.41, 5.74) is 7.88. The second kappa shape index (κ2) is 8.84. The number of cyclic esters (lactones) is 1. The van der Waals surface area contributed by atoms with Crippen LogP contribution in [0.5, 0.6) is 11.5 Å². The molecule has 0 unspecified atom stereocenters. The lowest BCUT2D eigenvalue weighted by Crippen LogP contribution is -2.44. The highest BCUT2D eigenvalue weighted by Crippen LogP contribution is 2.52. The first-order valence-electron chi connectivity index (χ1n) is 12.6. The monoisotopic (exact) mass is 597 g/mol. The number of halogens is 5. The van der Waals surface area contributed by atoms with E-state index < -0.39 is 36.1 Å². The third-order valence-electron chi connectivity index (χ3n) is 7.81. The minimum absolute atomic E-state index is 0.00999. The number of aryl methyl sites for hydroxylation is 1. The summed E-state index contributed by atoms with van der Waals surface area (Å²) in [4.78, 5) is 39.5. The van der Waals surface area contributed by atoms with Crippen LogP contribution < -0.4 is 20.8 Å². The maximum atomic E-state index is 13.9. The molecule has 0 saturated heterocycles. The van der Waals surface area contributed by atoms with Gasteiger partial charge in [-0.25, -0.2) is 14.6 Å². The fraction of sp³-hybridized carbons (Fsp3) is 0.385. The van der Waals surface area contributed by atoms with Gasteiger partial charge in [-0.3, -0.25) is 4.79 Å². The molecule has 0 fully saturated rings. The van der Waals surface area contributed by atoms with Crippen molar-refractivity contribution in [2.24, 2.45) is 5.73 Å². The number of esters is 1. The van der Waals surface area contributed by atoms with E-state index in [9.17, 15) is 36.6 Å². The summed E-state index contributed by atoms with van der Waals surface area (Å²) >= 11 is 0. The van der Waals surface area contributed by atoms with E-state index in [0.29, 0.717) is 46.3 Å². The van der Waals surface area contributed by atoms with Gasteiger partial charge in [0.1, 0.15) is 6.61 Å². The van der Waals surface area contributed by atoms with Gasteiger partial charge in [0.2, 0.25) is 0 Å². The Bertz CT molecular complexity index is 1790. The Morgan fingerprint density at radius 2 is 1.88 bits per heavy atom. The number of pyridine rings is 2. The molecular formula is C26H20F5N3O8. The van der Waals surface area contributed by atoms with Crippen molar-refractivity contribution >= 4 is 22.8 Å². The first kappa shape index (κ1) is 27.8. The number of carbonyl (C=O) groups excluding carboxylic acids is 1. The highest BCUT2D eigenvalue weighted by Gasteiger charge is 2.48. The van der Waals surface area contributed by atoms with E-state index >= 15 is 0 Å². The van der Waals surface area contributed by atoms with Gasteiger partial charge < -0.3 is 34.7 Å². The number of benzene rings is 1. The number of carboxylic acids is 1. The number of hydrogen-bond donors (Lipinski definition) is 3. The average Bonchev–Trinajstić information content (AvgIpc) is 3.43. The summed E-state index contributed by atoms with van der Waals surface area (Å²) in [6.07, 6.45) is -7.92. The number of aliphatic hydroxyl groups is 1. The van der Waals surface area contributed by atoms with Gasteiger partial charge in [0.25, 0.3) is 5.56 Å². The Morgan fingerprint density at radius 1 is 1.19 bits per heavy atom. The number of aromatic nitrogens is 2. The van der Waals surface area contributed by atoms with Gasteiger partial charge in [0, 0.05) is 34.2 Å². The summed E-state index contributed by atoms with van der Waals surface area (Å²) in [6, 6.07) is 2.60. The van der Waals surface area contributed by atoms with E-state index in [2.05, 4.69) is 0 Å². The summed E-state index contributed by atoms with van der Waals surface area (Å²) in [5, 5.41) is 18.8. The van der Waals surface area contributed by atoms with Gasteiger partial charge >= 0.3 is 24.4 Å². The third-order valence-corrected chi connectivity index (χ3v) is 7.81. The standard InChI is InChI=1S/C24H19F2N3O6.C2HF3O2/c1-2-23(32)12-5-15-19-10(7-29(15)21(30)11(12)8-33-22(23)31)17-13(27)4-3-9-18(17)14(28-19)6-16-20(9)35-24(25,26)34-16;3-2(4,5)1(6)7/h5-6,13,32H,2-4,7-8,27H2,1H3;(H,6,7)/t13-,23-;/m0./s1. The lowest BCUT2D eigenvalue weighted by molar-refractivity contribution is -0.286.